The van der Waals surface area contributed by atoms with Gasteiger partial charge >= 0.3 is 0 Å². The Morgan fingerprint density at radius 3 is 2.22 bits per heavy atom. The summed E-state index contributed by atoms with van der Waals surface area (Å²) in [6, 6.07) is 9.99. The van der Waals surface area contributed by atoms with Crippen LogP contribution in [0, 0.1) is 13.8 Å². The first-order chi connectivity index (χ1) is 13.0. The zero-order valence-electron chi connectivity index (χ0n) is 16.8. The molecule has 144 valence electrons. The number of benzene rings is 1. The highest BCUT2D eigenvalue weighted by molar-refractivity contribution is 5.94. The molecule has 1 aliphatic rings. The van der Waals surface area contributed by atoms with Crippen LogP contribution in [0.3, 0.4) is 0 Å². The van der Waals surface area contributed by atoms with Crippen LogP contribution in [0.15, 0.2) is 30.3 Å². The molecular weight excluding hydrogens is 338 g/mol. The van der Waals surface area contributed by atoms with E-state index in [0.717, 1.165) is 48.9 Å². The van der Waals surface area contributed by atoms with Gasteiger partial charge < -0.3 is 14.7 Å². The third kappa shape index (κ3) is 4.21. The Morgan fingerprint density at radius 2 is 1.67 bits per heavy atom. The van der Waals surface area contributed by atoms with E-state index in [1.54, 1.807) is 0 Å². The van der Waals surface area contributed by atoms with E-state index in [1.807, 2.05) is 42.2 Å². The number of nitrogens with zero attached hydrogens (tertiary/aromatic N) is 5. The van der Waals surface area contributed by atoms with Gasteiger partial charge in [-0.1, -0.05) is 6.07 Å². The van der Waals surface area contributed by atoms with Crippen molar-refractivity contribution >= 4 is 17.5 Å². The smallest absolute Gasteiger partial charge is 0.253 e. The molecule has 1 amide bonds. The Bertz CT molecular complexity index is 778. The summed E-state index contributed by atoms with van der Waals surface area (Å²) in [7, 11) is 0. The van der Waals surface area contributed by atoms with Crippen molar-refractivity contribution in [3.05, 3.63) is 47.0 Å². The highest BCUT2D eigenvalue weighted by atomic mass is 16.2. The van der Waals surface area contributed by atoms with Gasteiger partial charge in [-0.25, -0.2) is 0 Å². The fraction of sp³-hybridized carbons (Fsp3) is 0.476. The lowest BCUT2D eigenvalue weighted by atomic mass is 10.1. The number of hydrogen-bond donors (Lipinski definition) is 0. The van der Waals surface area contributed by atoms with E-state index in [9.17, 15) is 4.79 Å². The summed E-state index contributed by atoms with van der Waals surface area (Å²) >= 11 is 0. The van der Waals surface area contributed by atoms with Gasteiger partial charge in [0.25, 0.3) is 5.91 Å². The van der Waals surface area contributed by atoms with Crippen LogP contribution >= 0.6 is 0 Å². The number of aromatic nitrogens is 2. The molecule has 1 saturated heterocycles. The molecule has 1 fully saturated rings. The molecule has 6 nitrogen and oxygen atoms in total. The van der Waals surface area contributed by atoms with Gasteiger partial charge in [-0.3, -0.25) is 4.79 Å². The minimum absolute atomic E-state index is 0.112. The number of rotatable bonds is 5. The fourth-order valence-corrected chi connectivity index (χ4v) is 3.40. The van der Waals surface area contributed by atoms with Crippen LogP contribution in [-0.4, -0.2) is 60.3 Å². The topological polar surface area (TPSA) is 52.6 Å². The largest absolute Gasteiger partial charge is 0.356 e. The number of piperazine rings is 1. The second kappa shape index (κ2) is 8.37. The Labute approximate surface area is 161 Å². The second-order valence-corrected chi connectivity index (χ2v) is 7.00. The number of carbonyl (C=O) groups is 1. The molecule has 0 N–H and O–H groups in total. The quantitative estimate of drug-likeness (QED) is 0.813. The van der Waals surface area contributed by atoms with Crippen LogP contribution < -0.4 is 9.80 Å². The van der Waals surface area contributed by atoms with Crippen LogP contribution in [0.25, 0.3) is 0 Å². The van der Waals surface area contributed by atoms with Crippen molar-refractivity contribution < 1.29 is 4.79 Å². The average Bonchev–Trinajstić information content (AvgIpc) is 2.71. The molecule has 3 rings (SSSR count). The molecule has 6 heteroatoms. The lowest BCUT2D eigenvalue weighted by Gasteiger charge is -2.35. The van der Waals surface area contributed by atoms with Crippen LogP contribution in [0.1, 0.15) is 35.3 Å². The van der Waals surface area contributed by atoms with Gasteiger partial charge in [0.1, 0.15) is 0 Å². The molecule has 27 heavy (non-hydrogen) atoms. The summed E-state index contributed by atoms with van der Waals surface area (Å²) in [5.41, 5.74) is 3.14. The third-order valence-corrected chi connectivity index (χ3v) is 5.37. The van der Waals surface area contributed by atoms with Crippen molar-refractivity contribution in [1.29, 1.82) is 0 Å². The van der Waals surface area contributed by atoms with E-state index in [1.165, 1.54) is 5.56 Å². The maximum absolute atomic E-state index is 12.8. The first-order valence-electron chi connectivity index (χ1n) is 9.73. The number of anilines is 2. The van der Waals surface area contributed by atoms with E-state index in [0.29, 0.717) is 13.1 Å². The minimum atomic E-state index is 0.112. The first-order valence-corrected chi connectivity index (χ1v) is 9.73. The summed E-state index contributed by atoms with van der Waals surface area (Å²) in [6.07, 6.45) is 0. The van der Waals surface area contributed by atoms with Gasteiger partial charge in [0.05, 0.1) is 0 Å². The molecule has 0 radical (unpaired) electrons. The van der Waals surface area contributed by atoms with Gasteiger partial charge in [0.15, 0.2) is 11.6 Å². The molecular formula is C21H29N5O. The van der Waals surface area contributed by atoms with Gasteiger partial charge in [-0.2, -0.15) is 0 Å². The monoisotopic (exact) mass is 367 g/mol. The molecule has 0 spiro atoms. The highest BCUT2D eigenvalue weighted by Crippen LogP contribution is 2.18. The number of amides is 1. The van der Waals surface area contributed by atoms with Crippen LogP contribution in [0.4, 0.5) is 11.6 Å². The summed E-state index contributed by atoms with van der Waals surface area (Å²) in [4.78, 5) is 19.1. The Balaban J connectivity index is 1.61. The predicted octanol–water partition coefficient (Wildman–Crippen LogP) is 2.90. The molecule has 1 aromatic heterocycles. The molecule has 0 bridgehead atoms. The van der Waals surface area contributed by atoms with E-state index in [2.05, 4.69) is 40.8 Å². The molecule has 0 aliphatic carbocycles. The average molecular weight is 367 g/mol. The molecule has 1 aromatic carbocycles. The number of carbonyl (C=O) groups excluding carboxylic acids is 1. The molecule has 1 aliphatic heterocycles. The van der Waals surface area contributed by atoms with E-state index >= 15 is 0 Å². The SMILES string of the molecule is CCN(CC)c1ccc(N2CCN(C(=O)c3ccc(C)c(C)c3)CC2)nn1. The maximum Gasteiger partial charge on any atom is 0.253 e. The van der Waals surface area contributed by atoms with Crippen LogP contribution in [0.5, 0.6) is 0 Å². The van der Waals surface area contributed by atoms with Gasteiger partial charge in [0.2, 0.25) is 0 Å². The van der Waals surface area contributed by atoms with Crippen molar-refractivity contribution in [2.45, 2.75) is 27.7 Å². The first kappa shape index (κ1) is 19.1. The third-order valence-electron chi connectivity index (χ3n) is 5.37. The highest BCUT2D eigenvalue weighted by Gasteiger charge is 2.23. The van der Waals surface area contributed by atoms with E-state index < -0.39 is 0 Å². The zero-order chi connectivity index (χ0) is 19.4. The van der Waals surface area contributed by atoms with Gasteiger partial charge in [0, 0.05) is 44.8 Å². The van der Waals surface area contributed by atoms with Crippen LogP contribution in [0.2, 0.25) is 0 Å². The predicted molar refractivity (Wildman–Crippen MR) is 110 cm³/mol. The Morgan fingerprint density at radius 1 is 0.963 bits per heavy atom. The number of hydrogen-bond acceptors (Lipinski definition) is 5. The Hall–Kier alpha value is -2.63. The van der Waals surface area contributed by atoms with Crippen molar-refractivity contribution in [2.24, 2.45) is 0 Å². The lowest BCUT2D eigenvalue weighted by Crippen LogP contribution is -2.49. The van der Waals surface area contributed by atoms with Gasteiger partial charge in [-0.15, -0.1) is 10.2 Å². The normalized spacial score (nSPS) is 14.4. The standard InChI is InChI=1S/C21H29N5O/c1-5-24(6-2)19-9-10-20(23-22-19)25-11-13-26(14-12-25)21(27)18-8-7-16(3)17(4)15-18/h7-10,15H,5-6,11-14H2,1-4H3. The van der Waals surface area contributed by atoms with Crippen molar-refractivity contribution in [1.82, 2.24) is 15.1 Å². The zero-order valence-corrected chi connectivity index (χ0v) is 16.8. The van der Waals surface area contributed by atoms with Crippen molar-refractivity contribution in [3.8, 4) is 0 Å². The summed E-state index contributed by atoms with van der Waals surface area (Å²) in [6.45, 7) is 13.1. The fourth-order valence-electron chi connectivity index (χ4n) is 3.40. The molecule has 0 saturated carbocycles. The molecule has 0 unspecified atom stereocenters. The van der Waals surface area contributed by atoms with E-state index in [4.69, 9.17) is 0 Å². The molecule has 2 aromatic rings. The molecule has 2 heterocycles. The Kier molecular flexibility index (Phi) is 5.94. The maximum atomic E-state index is 12.8. The summed E-state index contributed by atoms with van der Waals surface area (Å²) < 4.78 is 0. The van der Waals surface area contributed by atoms with Gasteiger partial charge in [-0.05, 0) is 63.1 Å². The second-order valence-electron chi connectivity index (χ2n) is 7.00. The molecule has 0 atom stereocenters. The summed E-state index contributed by atoms with van der Waals surface area (Å²) in [5.74, 6) is 1.90. The minimum Gasteiger partial charge on any atom is -0.356 e. The van der Waals surface area contributed by atoms with E-state index in [-0.39, 0.29) is 5.91 Å². The van der Waals surface area contributed by atoms with Crippen LogP contribution in [-0.2, 0) is 0 Å². The lowest BCUT2D eigenvalue weighted by molar-refractivity contribution is 0.0746. The van der Waals surface area contributed by atoms with Crippen molar-refractivity contribution in [2.75, 3.05) is 49.1 Å². The summed E-state index contributed by atoms with van der Waals surface area (Å²) in [5, 5.41) is 8.77. The van der Waals surface area contributed by atoms with Crippen molar-refractivity contribution in [3.63, 3.8) is 0 Å². The number of aryl methyl sites for hydroxylation is 2.